The summed E-state index contributed by atoms with van der Waals surface area (Å²) in [7, 11) is 0. The van der Waals surface area contributed by atoms with E-state index in [0.29, 0.717) is 0 Å². The van der Waals surface area contributed by atoms with Crippen molar-refractivity contribution < 1.29 is 13.2 Å². The molecule has 0 aromatic rings. The van der Waals surface area contributed by atoms with Crippen LogP contribution in [0.5, 0.6) is 0 Å². The van der Waals surface area contributed by atoms with Crippen molar-refractivity contribution in [3.63, 3.8) is 0 Å². The standard InChI is InChI=1S/C11H21F3/c1-6-10(9(4)5,7-8(2)3)11(12,13)14/h8-9H,6-7H2,1-5H3. The molecule has 0 aliphatic heterocycles. The van der Waals surface area contributed by atoms with E-state index in [9.17, 15) is 13.2 Å². The maximum absolute atomic E-state index is 13.0. The van der Waals surface area contributed by atoms with Crippen molar-refractivity contribution in [3.8, 4) is 0 Å². The number of hydrogen-bond donors (Lipinski definition) is 0. The summed E-state index contributed by atoms with van der Waals surface area (Å²) in [5, 5.41) is 0. The number of rotatable bonds is 4. The van der Waals surface area contributed by atoms with Crippen molar-refractivity contribution in [3.05, 3.63) is 0 Å². The average Bonchev–Trinajstić information content (AvgIpc) is 1.96. The average molecular weight is 210 g/mol. The molecular formula is C11H21F3. The topological polar surface area (TPSA) is 0 Å². The number of alkyl halides is 3. The third-order valence-electron chi connectivity index (χ3n) is 3.07. The third-order valence-corrected chi connectivity index (χ3v) is 3.07. The fraction of sp³-hybridized carbons (Fsp3) is 1.00. The molecule has 0 N–H and O–H groups in total. The van der Waals surface area contributed by atoms with Gasteiger partial charge in [0.1, 0.15) is 0 Å². The first-order chi connectivity index (χ1) is 6.17. The molecule has 1 unspecified atom stereocenters. The maximum atomic E-state index is 13.0. The van der Waals surface area contributed by atoms with Crippen LogP contribution in [-0.4, -0.2) is 6.18 Å². The van der Waals surface area contributed by atoms with Gasteiger partial charge in [0.2, 0.25) is 0 Å². The summed E-state index contributed by atoms with van der Waals surface area (Å²) in [6.45, 7) is 8.66. The molecule has 0 spiro atoms. The highest BCUT2D eigenvalue weighted by molar-refractivity contribution is 4.89. The van der Waals surface area contributed by atoms with E-state index in [2.05, 4.69) is 0 Å². The molecule has 0 bridgehead atoms. The number of hydrogen-bond acceptors (Lipinski definition) is 0. The quantitative estimate of drug-likeness (QED) is 0.633. The minimum atomic E-state index is -4.08. The molecule has 3 heteroatoms. The zero-order valence-corrected chi connectivity index (χ0v) is 9.70. The fourth-order valence-electron chi connectivity index (χ4n) is 2.16. The highest BCUT2D eigenvalue weighted by Crippen LogP contribution is 2.50. The molecule has 0 aromatic carbocycles. The monoisotopic (exact) mass is 210 g/mol. The minimum absolute atomic E-state index is 0.0824. The zero-order valence-electron chi connectivity index (χ0n) is 9.70. The van der Waals surface area contributed by atoms with Gasteiger partial charge >= 0.3 is 6.18 Å². The van der Waals surface area contributed by atoms with Crippen LogP contribution in [0.25, 0.3) is 0 Å². The largest absolute Gasteiger partial charge is 0.394 e. The molecule has 86 valence electrons. The Kier molecular flexibility index (Phi) is 4.47. The van der Waals surface area contributed by atoms with Crippen molar-refractivity contribution in [2.75, 3.05) is 0 Å². The Balaban J connectivity index is 4.99. The summed E-state index contributed by atoms with van der Waals surface area (Å²) in [6.07, 6.45) is -3.68. The molecule has 0 amide bonds. The Morgan fingerprint density at radius 2 is 1.43 bits per heavy atom. The molecule has 14 heavy (non-hydrogen) atoms. The molecule has 0 rings (SSSR count). The van der Waals surface area contributed by atoms with E-state index in [1.165, 1.54) is 0 Å². The minimum Gasteiger partial charge on any atom is -0.170 e. The Morgan fingerprint density at radius 1 is 1.00 bits per heavy atom. The maximum Gasteiger partial charge on any atom is 0.394 e. The molecule has 0 heterocycles. The molecule has 0 radical (unpaired) electrons. The van der Waals surface area contributed by atoms with Gasteiger partial charge in [-0.2, -0.15) is 13.2 Å². The van der Waals surface area contributed by atoms with Gasteiger partial charge in [-0.25, -0.2) is 0 Å². The molecule has 1 atom stereocenters. The van der Waals surface area contributed by atoms with Crippen LogP contribution in [0.1, 0.15) is 47.5 Å². The van der Waals surface area contributed by atoms with Crippen LogP contribution < -0.4 is 0 Å². The van der Waals surface area contributed by atoms with Crippen LogP contribution in [0.4, 0.5) is 13.2 Å². The summed E-state index contributed by atoms with van der Waals surface area (Å²) in [5.74, 6) is -0.270. The second-order valence-corrected chi connectivity index (χ2v) is 4.76. The highest BCUT2D eigenvalue weighted by Gasteiger charge is 2.54. The van der Waals surface area contributed by atoms with E-state index in [1.54, 1.807) is 20.8 Å². The van der Waals surface area contributed by atoms with Crippen LogP contribution >= 0.6 is 0 Å². The lowest BCUT2D eigenvalue weighted by atomic mass is 9.69. The van der Waals surface area contributed by atoms with Crippen molar-refractivity contribution in [2.45, 2.75) is 53.6 Å². The SMILES string of the molecule is CCC(CC(C)C)(C(C)C)C(F)(F)F. The lowest BCUT2D eigenvalue weighted by molar-refractivity contribution is -0.246. The second kappa shape index (κ2) is 4.54. The molecular weight excluding hydrogens is 189 g/mol. The van der Waals surface area contributed by atoms with E-state index in [0.717, 1.165) is 0 Å². The second-order valence-electron chi connectivity index (χ2n) is 4.76. The van der Waals surface area contributed by atoms with Gasteiger partial charge in [-0.05, 0) is 24.7 Å². The lowest BCUT2D eigenvalue weighted by Gasteiger charge is -2.40. The molecule has 0 aliphatic carbocycles. The van der Waals surface area contributed by atoms with Gasteiger partial charge in [-0.3, -0.25) is 0 Å². The molecule has 0 saturated heterocycles. The first kappa shape index (κ1) is 13.8. The van der Waals surface area contributed by atoms with E-state index in [1.807, 2.05) is 13.8 Å². The summed E-state index contributed by atoms with van der Waals surface area (Å²) in [6, 6.07) is 0. The fourth-order valence-corrected chi connectivity index (χ4v) is 2.16. The van der Waals surface area contributed by atoms with Gasteiger partial charge in [-0.1, -0.05) is 34.6 Å². The summed E-state index contributed by atoms with van der Waals surface area (Å²) in [5.41, 5.74) is -1.50. The Hall–Kier alpha value is -0.210. The van der Waals surface area contributed by atoms with Crippen molar-refractivity contribution in [2.24, 2.45) is 17.3 Å². The normalized spacial score (nSPS) is 17.6. The first-order valence-electron chi connectivity index (χ1n) is 5.24. The van der Waals surface area contributed by atoms with E-state index in [-0.39, 0.29) is 24.7 Å². The Morgan fingerprint density at radius 3 is 1.50 bits per heavy atom. The predicted molar refractivity (Wildman–Crippen MR) is 53.1 cm³/mol. The predicted octanol–water partition coefficient (Wildman–Crippen LogP) is 4.65. The van der Waals surface area contributed by atoms with Gasteiger partial charge < -0.3 is 0 Å². The van der Waals surface area contributed by atoms with Gasteiger partial charge in [-0.15, -0.1) is 0 Å². The van der Waals surface area contributed by atoms with Crippen LogP contribution in [0.3, 0.4) is 0 Å². The van der Waals surface area contributed by atoms with E-state index >= 15 is 0 Å². The smallest absolute Gasteiger partial charge is 0.170 e. The van der Waals surface area contributed by atoms with Gasteiger partial charge in [0.25, 0.3) is 0 Å². The van der Waals surface area contributed by atoms with Crippen molar-refractivity contribution >= 4 is 0 Å². The van der Waals surface area contributed by atoms with Gasteiger partial charge in [0.15, 0.2) is 0 Å². The van der Waals surface area contributed by atoms with Crippen LogP contribution in [-0.2, 0) is 0 Å². The van der Waals surface area contributed by atoms with Crippen LogP contribution in [0.2, 0.25) is 0 Å². The number of halogens is 3. The zero-order chi connectivity index (χ0) is 11.6. The Labute approximate surface area is 84.9 Å². The van der Waals surface area contributed by atoms with Crippen molar-refractivity contribution in [1.82, 2.24) is 0 Å². The summed E-state index contributed by atoms with van der Waals surface area (Å²) >= 11 is 0. The lowest BCUT2D eigenvalue weighted by Crippen LogP contribution is -2.43. The van der Waals surface area contributed by atoms with Crippen LogP contribution in [0.15, 0.2) is 0 Å². The highest BCUT2D eigenvalue weighted by atomic mass is 19.4. The Bertz CT molecular complexity index is 170. The third kappa shape index (κ3) is 2.64. The molecule has 0 fully saturated rings. The van der Waals surface area contributed by atoms with Crippen LogP contribution in [0, 0.1) is 17.3 Å². The van der Waals surface area contributed by atoms with Gasteiger partial charge in [0, 0.05) is 0 Å². The summed E-state index contributed by atoms with van der Waals surface area (Å²) < 4.78 is 39.0. The molecule has 0 nitrogen and oxygen atoms in total. The molecule has 0 aromatic heterocycles. The van der Waals surface area contributed by atoms with Gasteiger partial charge in [0.05, 0.1) is 5.41 Å². The summed E-state index contributed by atoms with van der Waals surface area (Å²) in [4.78, 5) is 0. The van der Waals surface area contributed by atoms with E-state index < -0.39 is 11.6 Å². The first-order valence-corrected chi connectivity index (χ1v) is 5.24. The molecule has 0 saturated carbocycles. The van der Waals surface area contributed by atoms with Crippen molar-refractivity contribution in [1.29, 1.82) is 0 Å². The van der Waals surface area contributed by atoms with E-state index in [4.69, 9.17) is 0 Å². The molecule has 0 aliphatic rings.